The van der Waals surface area contributed by atoms with Crippen LogP contribution < -0.4 is 0 Å². The first-order valence-electron chi connectivity index (χ1n) is 15.9. The zero-order valence-electron chi connectivity index (χ0n) is 25.8. The third-order valence-electron chi connectivity index (χ3n) is 9.38. The molecule has 4 nitrogen and oxygen atoms in total. The fourth-order valence-corrected chi connectivity index (χ4v) is 7.30. The summed E-state index contributed by atoms with van der Waals surface area (Å²) in [4.78, 5) is 0. The Hall–Kier alpha value is -6.88. The van der Waals surface area contributed by atoms with Crippen LogP contribution in [0.2, 0.25) is 0 Å². The average Bonchev–Trinajstić information content (AvgIpc) is 3.67. The van der Waals surface area contributed by atoms with Gasteiger partial charge in [-0.25, -0.2) is 0 Å². The van der Waals surface area contributed by atoms with E-state index in [2.05, 4.69) is 130 Å². The van der Waals surface area contributed by atoms with E-state index in [4.69, 9.17) is 0 Å². The van der Waals surface area contributed by atoms with Crippen molar-refractivity contribution < 1.29 is 0 Å². The van der Waals surface area contributed by atoms with Crippen LogP contribution in [-0.2, 0) is 0 Å². The van der Waals surface area contributed by atoms with Gasteiger partial charge < -0.3 is 9.13 Å². The van der Waals surface area contributed by atoms with Crippen molar-refractivity contribution in [2.45, 2.75) is 0 Å². The molecule has 0 atom stereocenters. The summed E-state index contributed by atoms with van der Waals surface area (Å²) in [6.07, 6.45) is 0. The molecule has 0 saturated heterocycles. The lowest BCUT2D eigenvalue weighted by Crippen LogP contribution is -1.99. The van der Waals surface area contributed by atoms with E-state index in [-0.39, 0.29) is 0 Å². The topological polar surface area (TPSA) is 57.4 Å². The van der Waals surface area contributed by atoms with Crippen molar-refractivity contribution in [1.82, 2.24) is 9.13 Å². The van der Waals surface area contributed by atoms with Gasteiger partial charge in [-0.05, 0) is 77.4 Å². The molecule has 48 heavy (non-hydrogen) atoms. The van der Waals surface area contributed by atoms with E-state index in [1.807, 2.05) is 48.5 Å². The molecule has 0 spiro atoms. The van der Waals surface area contributed by atoms with Crippen molar-refractivity contribution in [3.63, 3.8) is 0 Å². The van der Waals surface area contributed by atoms with E-state index in [0.717, 1.165) is 66.5 Å². The lowest BCUT2D eigenvalue weighted by molar-refractivity contribution is 1.18. The van der Waals surface area contributed by atoms with Gasteiger partial charge in [-0.1, -0.05) is 97.1 Å². The van der Waals surface area contributed by atoms with Crippen LogP contribution in [0.3, 0.4) is 0 Å². The first kappa shape index (κ1) is 27.4. The highest BCUT2D eigenvalue weighted by atomic mass is 15.0. The number of hydrogen-bond acceptors (Lipinski definition) is 2. The highest BCUT2D eigenvalue weighted by Crippen LogP contribution is 2.41. The number of para-hydroxylation sites is 4. The van der Waals surface area contributed by atoms with Crippen molar-refractivity contribution in [1.29, 1.82) is 10.5 Å². The van der Waals surface area contributed by atoms with Crippen molar-refractivity contribution in [3.8, 4) is 45.8 Å². The van der Waals surface area contributed by atoms with Gasteiger partial charge in [0.15, 0.2) is 0 Å². The molecule has 222 valence electrons. The lowest BCUT2D eigenvalue weighted by atomic mass is 9.91. The molecule has 0 N–H and O–H groups in total. The maximum absolute atomic E-state index is 10.0. The Labute approximate surface area is 277 Å². The van der Waals surface area contributed by atoms with E-state index in [0.29, 0.717) is 11.1 Å². The lowest BCUT2D eigenvalue weighted by Gasteiger charge is -2.18. The SMILES string of the molecule is N#Cc1ccc(-c2cccc(-n3c4ccccc4c4ccccc43)c2)c(-c2ccccc2-n2c3ccccc3c3ccc(C#N)cc32)c1. The third kappa shape index (κ3) is 4.14. The molecule has 2 aromatic heterocycles. The molecule has 7 aromatic carbocycles. The second kappa shape index (κ2) is 10.9. The maximum atomic E-state index is 10.0. The molecule has 0 aliphatic carbocycles. The normalized spacial score (nSPS) is 11.3. The molecule has 0 saturated carbocycles. The number of fused-ring (bicyclic) bond motifs is 6. The Bertz CT molecular complexity index is 2760. The molecule has 9 aromatic rings. The minimum absolute atomic E-state index is 0.594. The summed E-state index contributed by atoms with van der Waals surface area (Å²) in [6, 6.07) is 59.0. The largest absolute Gasteiger partial charge is 0.309 e. The molecule has 9 rings (SSSR count). The average molecular weight is 611 g/mol. The number of nitriles is 2. The summed E-state index contributed by atoms with van der Waals surface area (Å²) in [5.41, 5.74) is 11.6. The second-order valence-electron chi connectivity index (χ2n) is 12.0. The molecular formula is C44H26N4. The maximum Gasteiger partial charge on any atom is 0.0992 e. The van der Waals surface area contributed by atoms with Crippen LogP contribution in [-0.4, -0.2) is 9.13 Å². The summed E-state index contributed by atoms with van der Waals surface area (Å²) in [6.45, 7) is 0. The number of rotatable bonds is 4. The molecule has 0 bridgehead atoms. The van der Waals surface area contributed by atoms with Crippen molar-refractivity contribution in [3.05, 3.63) is 169 Å². The van der Waals surface area contributed by atoms with Gasteiger partial charge in [0.2, 0.25) is 0 Å². The fourth-order valence-electron chi connectivity index (χ4n) is 7.30. The number of hydrogen-bond donors (Lipinski definition) is 0. The fraction of sp³-hybridized carbons (Fsp3) is 0. The summed E-state index contributed by atoms with van der Waals surface area (Å²) in [5, 5.41) is 24.5. The van der Waals surface area contributed by atoms with Gasteiger partial charge in [-0.15, -0.1) is 0 Å². The van der Waals surface area contributed by atoms with Gasteiger partial charge in [-0.3, -0.25) is 0 Å². The summed E-state index contributed by atoms with van der Waals surface area (Å²) >= 11 is 0. The minimum Gasteiger partial charge on any atom is -0.309 e. The molecule has 0 aliphatic rings. The van der Waals surface area contributed by atoms with Crippen LogP contribution in [0.5, 0.6) is 0 Å². The van der Waals surface area contributed by atoms with Crippen molar-refractivity contribution in [2.24, 2.45) is 0 Å². The van der Waals surface area contributed by atoms with Gasteiger partial charge in [0.1, 0.15) is 0 Å². The first-order chi connectivity index (χ1) is 23.7. The third-order valence-corrected chi connectivity index (χ3v) is 9.38. The smallest absolute Gasteiger partial charge is 0.0992 e. The quantitative estimate of drug-likeness (QED) is 0.199. The van der Waals surface area contributed by atoms with E-state index >= 15 is 0 Å². The van der Waals surface area contributed by atoms with Crippen LogP contribution >= 0.6 is 0 Å². The molecule has 0 fully saturated rings. The van der Waals surface area contributed by atoms with Crippen LogP contribution in [0, 0.1) is 22.7 Å². The monoisotopic (exact) mass is 610 g/mol. The van der Waals surface area contributed by atoms with Crippen molar-refractivity contribution >= 4 is 43.6 Å². The second-order valence-corrected chi connectivity index (χ2v) is 12.0. The Morgan fingerprint density at radius 2 is 0.938 bits per heavy atom. The molecule has 4 heteroatoms. The standard InChI is InChI=1S/C44H26N4/c45-27-29-20-22-33(31-10-9-11-32(26-31)47-40-16-5-1-12-34(40)35-13-2-6-17-41(35)47)39(24-29)37-15-4-8-19-43(37)48-42-18-7-3-14-36(42)38-23-21-30(28-46)25-44(38)48/h1-26H. The van der Waals surface area contributed by atoms with Crippen LogP contribution in [0.1, 0.15) is 11.1 Å². The van der Waals surface area contributed by atoms with Gasteiger partial charge in [-0.2, -0.15) is 10.5 Å². The highest BCUT2D eigenvalue weighted by molar-refractivity contribution is 6.11. The molecule has 0 amide bonds. The Balaban J connectivity index is 1.30. The van der Waals surface area contributed by atoms with E-state index in [1.54, 1.807) is 0 Å². The number of aromatic nitrogens is 2. The number of benzene rings is 7. The predicted octanol–water partition coefficient (Wildman–Crippen LogP) is 11.0. The Kier molecular flexibility index (Phi) is 6.22. The van der Waals surface area contributed by atoms with E-state index in [9.17, 15) is 10.5 Å². The highest BCUT2D eigenvalue weighted by Gasteiger charge is 2.19. The first-order valence-corrected chi connectivity index (χ1v) is 15.9. The summed E-state index contributed by atoms with van der Waals surface area (Å²) in [5.74, 6) is 0. The van der Waals surface area contributed by atoms with Crippen LogP contribution in [0.25, 0.3) is 77.2 Å². The summed E-state index contributed by atoms with van der Waals surface area (Å²) in [7, 11) is 0. The molecule has 2 heterocycles. The van der Waals surface area contributed by atoms with Crippen LogP contribution in [0.4, 0.5) is 0 Å². The van der Waals surface area contributed by atoms with Crippen molar-refractivity contribution in [2.75, 3.05) is 0 Å². The van der Waals surface area contributed by atoms with Gasteiger partial charge >= 0.3 is 0 Å². The Morgan fingerprint density at radius 1 is 0.375 bits per heavy atom. The van der Waals surface area contributed by atoms with Crippen LogP contribution in [0.15, 0.2) is 158 Å². The Morgan fingerprint density at radius 3 is 1.62 bits per heavy atom. The van der Waals surface area contributed by atoms with Gasteiger partial charge in [0.25, 0.3) is 0 Å². The zero-order chi connectivity index (χ0) is 32.2. The van der Waals surface area contributed by atoms with Gasteiger partial charge in [0, 0.05) is 32.8 Å². The molecule has 0 radical (unpaired) electrons. The van der Waals surface area contributed by atoms with E-state index in [1.165, 1.54) is 10.8 Å². The minimum atomic E-state index is 0.594. The predicted molar refractivity (Wildman–Crippen MR) is 195 cm³/mol. The zero-order valence-corrected chi connectivity index (χ0v) is 25.8. The molecule has 0 aliphatic heterocycles. The van der Waals surface area contributed by atoms with Gasteiger partial charge in [0.05, 0.1) is 51.0 Å². The molecular weight excluding hydrogens is 585 g/mol. The molecule has 0 unspecified atom stereocenters. The summed E-state index contributed by atoms with van der Waals surface area (Å²) < 4.78 is 4.58. The number of nitrogens with zero attached hydrogens (tertiary/aromatic N) is 4. The van der Waals surface area contributed by atoms with E-state index < -0.39 is 0 Å².